The molecule has 8 aromatic heterocycles. The number of aliphatic hydroxyl groups is 8. The minimum absolute atomic E-state index is 0.282. The summed E-state index contributed by atoms with van der Waals surface area (Å²) in [5, 5.41) is 92.7. The summed E-state index contributed by atoms with van der Waals surface area (Å²) in [6, 6.07) is 1.84. The van der Waals surface area contributed by atoms with E-state index in [-0.39, 0.29) is 5.82 Å². The Morgan fingerprint density at radius 2 is 0.798 bits per heavy atom. The van der Waals surface area contributed by atoms with Crippen LogP contribution < -0.4 is 21.7 Å². The fourth-order valence-electron chi connectivity index (χ4n) is 12.0. The molecule has 0 bridgehead atoms. The Bertz CT molecular complexity index is 4230. The molecule has 13 N–H and O–H groups in total. The van der Waals surface area contributed by atoms with E-state index in [1.165, 1.54) is 19.0 Å². The summed E-state index contributed by atoms with van der Waals surface area (Å²) in [6.07, 6.45) is 22.3. The number of nitrogens with two attached hydrogens (primary N) is 1. The highest BCUT2D eigenvalue weighted by atomic mass is 31.2. The molecule has 12 heterocycles. The fraction of sp³-hybridized carbons (Fsp3) is 0.609. The van der Waals surface area contributed by atoms with Crippen molar-refractivity contribution in [2.75, 3.05) is 120 Å². The van der Waals surface area contributed by atoms with Gasteiger partial charge in [0.15, 0.2) is 76.0 Å². The van der Waals surface area contributed by atoms with Crippen molar-refractivity contribution < 1.29 is 59.8 Å². The second-order valence-electron chi connectivity index (χ2n) is 28.4. The normalized spacial score (nSPS) is 27.3. The second kappa shape index (κ2) is 32.2. The molecule has 0 aliphatic carbocycles. The van der Waals surface area contributed by atoms with Crippen LogP contribution in [-0.2, 0) is 18.9 Å². The van der Waals surface area contributed by atoms with Gasteiger partial charge in [0.05, 0.1) is 55.4 Å². The van der Waals surface area contributed by atoms with Gasteiger partial charge in [-0.3, -0.25) is 18.3 Å². The predicted octanol–water partition coefficient (Wildman–Crippen LogP) is 3.97. The number of pyridine rings is 1. The summed E-state index contributed by atoms with van der Waals surface area (Å²) in [4.78, 5) is 47.1. The van der Waals surface area contributed by atoms with E-state index in [0.29, 0.717) is 94.3 Å². The van der Waals surface area contributed by atoms with E-state index in [1.807, 2.05) is 20.0 Å². The first-order valence-corrected chi connectivity index (χ1v) is 45.4. The maximum absolute atomic E-state index is 10.5. The van der Waals surface area contributed by atoms with Gasteiger partial charge < -0.3 is 81.5 Å². The van der Waals surface area contributed by atoms with Crippen molar-refractivity contribution in [2.45, 2.75) is 151 Å². The number of aliphatic hydroxyl groups excluding tert-OH is 8. The standard InChI is InChI=1S/C17H28N5O3P.C16H26N5O3P.C16H25N4O3P.C15H24N5O3P/c1-5-7-18-15-12-16(20-9-19-15)22(10-21-12)17-14(24)13(23)11(25-17)6-8-26(2,3)4;1-5-17-14-11-15(19-8-18-14)21(9-20-11)16-13(23)12(22)10(24-16)6-7-25(2,3)4;1-17-10-5-7-18-15-12(10)19-9-20(15)16-14(22)13(21)11(23-16)6-8-24(2,3)4;1-8-18-13(16)10-14(19-8)20(7-17-10)15-12(22)11(21)9(23-15)5-6-24(2,3)4/h9-11,13-14,17,23-24H,2,5-8H2,1,3-4H3,(H,18,19,20);8-10,12-13,16,22-23H,2,5-7H2,1,3-4H3,(H,17,18,19);5,7,9,11,13-14,16,21-22H,2,6,8H2,1,3-4H3,(H,17,18);7,9,11-12,15,21-22H,2,5-6H2,1,3-4H3,(H2,16,18,19)/t11-,13-,14-,17?;10-,12-,13-,16?;11-,13-,14-,16?;9-,11-,12-,15?/m1111/s1. The zero-order valence-electron chi connectivity index (χ0n) is 58.7. The number of nitrogen functional groups attached to an aromatic ring is 1. The number of anilines is 4. The quantitative estimate of drug-likeness (QED) is 0.0427. The van der Waals surface area contributed by atoms with Crippen molar-refractivity contribution in [1.29, 1.82) is 0 Å². The number of aromatic nitrogens is 15. The smallest absolute Gasteiger partial charge is 0.167 e. The minimum Gasteiger partial charge on any atom is -0.388 e. The van der Waals surface area contributed by atoms with Crippen molar-refractivity contribution in [2.24, 2.45) is 0 Å². The van der Waals surface area contributed by atoms with Gasteiger partial charge in [0.1, 0.15) is 78.3 Å². The molecule has 4 aliphatic rings. The maximum Gasteiger partial charge on any atom is 0.167 e. The van der Waals surface area contributed by atoms with Crippen molar-refractivity contribution >= 4 is 121 Å². The Labute approximate surface area is 577 Å². The number of imidazole rings is 4. The van der Waals surface area contributed by atoms with Gasteiger partial charge in [0.2, 0.25) is 0 Å². The average molecular weight is 1450 g/mol. The van der Waals surface area contributed by atoms with Crippen molar-refractivity contribution in [3.05, 3.63) is 56.1 Å². The average Bonchev–Trinajstić information content (AvgIpc) is 1.65. The van der Waals surface area contributed by atoms with Crippen LogP contribution in [0.3, 0.4) is 0 Å². The van der Waals surface area contributed by atoms with Gasteiger partial charge >= 0.3 is 0 Å². The molecule has 31 nitrogen and oxygen atoms in total. The number of fused-ring (bicyclic) bond motifs is 4. The first kappa shape index (κ1) is 77.4. The molecule has 4 unspecified atom stereocenters. The van der Waals surface area contributed by atoms with E-state index in [0.717, 1.165) is 43.3 Å². The second-order valence-corrected chi connectivity index (χ2v) is 45.7. The third-order valence-corrected chi connectivity index (χ3v) is 23.3. The number of nitrogens with zero attached hydrogens (tertiary/aromatic N) is 15. The van der Waals surface area contributed by atoms with E-state index in [9.17, 15) is 40.9 Å². The molecule has 0 saturated carbocycles. The molecule has 0 spiro atoms. The molecular weight excluding hydrogens is 1350 g/mol. The van der Waals surface area contributed by atoms with Crippen molar-refractivity contribution in [1.82, 2.24) is 73.1 Å². The van der Waals surface area contributed by atoms with E-state index < -0.39 is 126 Å². The number of ether oxygens (including phenoxy) is 4. The lowest BCUT2D eigenvalue weighted by molar-refractivity contribution is -0.0353. The van der Waals surface area contributed by atoms with Crippen LogP contribution in [-0.4, -0.2) is 310 Å². The van der Waals surface area contributed by atoms with Crippen LogP contribution in [0.1, 0.15) is 76.7 Å². The highest BCUT2D eigenvalue weighted by Crippen LogP contribution is 2.44. The molecule has 0 radical (unpaired) electrons. The highest BCUT2D eigenvalue weighted by molar-refractivity contribution is 7.73. The van der Waals surface area contributed by atoms with Crippen molar-refractivity contribution in [3.63, 3.8) is 0 Å². The molecule has 99 heavy (non-hydrogen) atoms. The molecule has 0 aromatic carbocycles. The fourth-order valence-corrected chi connectivity index (χ4v) is 15.8. The SMILES string of the molecule is C=P(C)(C)CC[C@H]1OC(n2cnc3c(N)nc(C)nc32)[C@H](O)[C@@H]1O.C=P(C)(C)CC[C@H]1OC(n2cnc3c(NC)ccnc32)[C@H](O)[C@@H]1O.C=P(C)(C)CC[C@H]1OC(n2cnc3c(NCC)ncnc32)[C@H](O)[C@@H]1O.C=P(C)(C)CC[C@H]1OC(n2cnc3c(NCCC)ncnc32)[C@H](O)[C@@H]1O. The minimum atomic E-state index is -1.23. The topological polar surface area (TPSA) is 422 Å². The van der Waals surface area contributed by atoms with E-state index in [1.54, 1.807) is 50.4 Å². The van der Waals surface area contributed by atoms with Crippen LogP contribution in [0.4, 0.5) is 23.1 Å². The predicted molar refractivity (Wildman–Crippen MR) is 400 cm³/mol. The molecule has 16 atom stereocenters. The molecule has 12 rings (SSSR count). The molecular formula is C64H103N19O12P4. The lowest BCUT2D eigenvalue weighted by Crippen LogP contribution is -2.31. The van der Waals surface area contributed by atoms with Crippen LogP contribution in [0.2, 0.25) is 0 Å². The maximum atomic E-state index is 10.5. The Morgan fingerprint density at radius 1 is 0.455 bits per heavy atom. The zero-order valence-corrected chi connectivity index (χ0v) is 62.3. The molecule has 35 heteroatoms. The van der Waals surface area contributed by atoms with Gasteiger partial charge in [-0.15, -0.1) is 52.7 Å². The third kappa shape index (κ3) is 18.5. The summed E-state index contributed by atoms with van der Waals surface area (Å²) < 4.78 is 30.5. The van der Waals surface area contributed by atoms with E-state index in [2.05, 4.69) is 156 Å². The Morgan fingerprint density at radius 3 is 1.15 bits per heavy atom. The monoisotopic (exact) mass is 1450 g/mol. The van der Waals surface area contributed by atoms with Gasteiger partial charge in [0.25, 0.3) is 0 Å². The Balaban J connectivity index is 0.000000154. The Hall–Kier alpha value is -5.81. The summed E-state index contributed by atoms with van der Waals surface area (Å²) in [5.41, 5.74) is 11.4. The summed E-state index contributed by atoms with van der Waals surface area (Å²) in [6.45, 7) is 19.5. The Kier molecular flexibility index (Phi) is 25.2. The van der Waals surface area contributed by atoms with Crippen LogP contribution in [0.25, 0.3) is 44.7 Å². The molecule has 0 amide bonds. The highest BCUT2D eigenvalue weighted by Gasteiger charge is 2.48. The largest absolute Gasteiger partial charge is 0.388 e. The lowest BCUT2D eigenvalue weighted by atomic mass is 10.1. The van der Waals surface area contributed by atoms with Crippen LogP contribution in [0, 0.1) is 6.92 Å². The molecule has 4 aliphatic heterocycles. The number of hydrogen-bond acceptors (Lipinski definition) is 27. The van der Waals surface area contributed by atoms with Crippen LogP contribution in [0.5, 0.6) is 0 Å². The van der Waals surface area contributed by atoms with Gasteiger partial charge in [-0.1, -0.05) is 6.92 Å². The molecule has 4 fully saturated rings. The van der Waals surface area contributed by atoms with Crippen LogP contribution in [0.15, 0.2) is 50.2 Å². The summed E-state index contributed by atoms with van der Waals surface area (Å²) >= 11 is 0. The van der Waals surface area contributed by atoms with Gasteiger partial charge in [0, 0.05) is 26.3 Å². The van der Waals surface area contributed by atoms with E-state index in [4.69, 9.17) is 24.7 Å². The van der Waals surface area contributed by atoms with Gasteiger partial charge in [-0.05, 0) is 130 Å². The third-order valence-electron chi connectivity index (χ3n) is 17.4. The summed E-state index contributed by atoms with van der Waals surface area (Å²) in [7, 11) is 1.82. The summed E-state index contributed by atoms with van der Waals surface area (Å²) in [5.74, 6) is 2.09. The number of aryl methyl sites for hydroxylation is 1. The first-order chi connectivity index (χ1) is 46.6. The van der Waals surface area contributed by atoms with E-state index >= 15 is 0 Å². The molecule has 8 aromatic rings. The number of rotatable bonds is 22. The number of hydrogen-bond donors (Lipinski definition) is 12. The molecule has 4 saturated heterocycles. The molecule has 546 valence electrons. The van der Waals surface area contributed by atoms with Crippen LogP contribution >= 0.6 is 27.5 Å². The van der Waals surface area contributed by atoms with Crippen molar-refractivity contribution in [3.8, 4) is 0 Å². The number of nitrogens with one attached hydrogen (secondary N) is 3. The lowest BCUT2D eigenvalue weighted by Gasteiger charge is -2.18. The first-order valence-electron chi connectivity index (χ1n) is 33.2. The zero-order chi connectivity index (χ0) is 72.2. The van der Waals surface area contributed by atoms with Gasteiger partial charge in [-0.2, -0.15) is 0 Å². The van der Waals surface area contributed by atoms with Gasteiger partial charge in [-0.25, -0.2) is 54.8 Å².